The zero-order valence-electron chi connectivity index (χ0n) is 14.6. The molecule has 0 unspecified atom stereocenters. The first-order valence-corrected chi connectivity index (χ1v) is 9.02. The molecule has 1 amide bonds. The van der Waals surface area contributed by atoms with Gasteiger partial charge in [-0.25, -0.2) is 4.98 Å². The Kier molecular flexibility index (Phi) is 4.38. The molecule has 2 aromatic heterocycles. The van der Waals surface area contributed by atoms with Gasteiger partial charge in [0.2, 0.25) is 5.91 Å². The van der Waals surface area contributed by atoms with Crippen molar-refractivity contribution < 1.29 is 4.79 Å². The largest absolute Gasteiger partial charge is 0.355 e. The third-order valence-corrected chi connectivity index (χ3v) is 5.29. The summed E-state index contributed by atoms with van der Waals surface area (Å²) in [6, 6.07) is 0.174. The topological polar surface area (TPSA) is 67.2 Å². The Labute approximate surface area is 147 Å². The van der Waals surface area contributed by atoms with E-state index in [4.69, 9.17) is 0 Å². The predicted molar refractivity (Wildman–Crippen MR) is 93.9 cm³/mol. The van der Waals surface area contributed by atoms with Crippen molar-refractivity contribution in [2.45, 2.75) is 31.7 Å². The number of amides is 1. The van der Waals surface area contributed by atoms with Crippen LogP contribution in [0.4, 0.5) is 5.82 Å². The van der Waals surface area contributed by atoms with Gasteiger partial charge in [0.15, 0.2) is 0 Å². The van der Waals surface area contributed by atoms with Crippen LogP contribution < -0.4 is 4.90 Å². The van der Waals surface area contributed by atoms with Crippen LogP contribution in [0.3, 0.4) is 0 Å². The van der Waals surface area contributed by atoms with Gasteiger partial charge in [-0.15, -0.1) is 0 Å². The highest BCUT2D eigenvalue weighted by Gasteiger charge is 2.36. The summed E-state index contributed by atoms with van der Waals surface area (Å²) < 4.78 is 1.81. The highest BCUT2D eigenvalue weighted by Crippen LogP contribution is 2.34. The van der Waals surface area contributed by atoms with Crippen LogP contribution >= 0.6 is 0 Å². The molecule has 0 radical (unpaired) electrons. The van der Waals surface area contributed by atoms with Gasteiger partial charge in [0.05, 0.1) is 24.4 Å². The molecule has 0 spiro atoms. The van der Waals surface area contributed by atoms with E-state index in [-0.39, 0.29) is 17.9 Å². The average Bonchev–Trinajstić information content (AvgIpc) is 3.30. The zero-order valence-corrected chi connectivity index (χ0v) is 14.6. The van der Waals surface area contributed by atoms with E-state index in [0.29, 0.717) is 0 Å². The minimum Gasteiger partial charge on any atom is -0.355 e. The Morgan fingerprint density at radius 1 is 1.16 bits per heavy atom. The highest BCUT2D eigenvalue weighted by atomic mass is 16.2. The fraction of sp³-hybridized carbons (Fsp3) is 0.556. The molecular weight excluding hydrogens is 316 g/mol. The van der Waals surface area contributed by atoms with E-state index in [1.165, 1.54) is 0 Å². The van der Waals surface area contributed by atoms with E-state index in [0.717, 1.165) is 56.7 Å². The van der Waals surface area contributed by atoms with Crippen LogP contribution in [0.5, 0.6) is 0 Å². The number of rotatable bonds is 3. The Morgan fingerprint density at radius 2 is 2.04 bits per heavy atom. The fourth-order valence-electron chi connectivity index (χ4n) is 4.07. The van der Waals surface area contributed by atoms with Crippen LogP contribution in [0.25, 0.3) is 0 Å². The minimum atomic E-state index is 0.0352. The third kappa shape index (κ3) is 3.23. The van der Waals surface area contributed by atoms with E-state index in [2.05, 4.69) is 24.9 Å². The summed E-state index contributed by atoms with van der Waals surface area (Å²) in [4.78, 5) is 26.0. The molecule has 7 heteroatoms. The van der Waals surface area contributed by atoms with E-state index in [1.807, 2.05) is 24.1 Å². The maximum absolute atomic E-state index is 13.2. The number of hydrogen-bond donors (Lipinski definition) is 0. The lowest BCUT2D eigenvalue weighted by atomic mass is 9.95. The van der Waals surface area contributed by atoms with Crippen molar-refractivity contribution in [2.75, 3.05) is 24.5 Å². The number of anilines is 1. The molecule has 2 saturated heterocycles. The molecule has 0 bridgehead atoms. The third-order valence-electron chi connectivity index (χ3n) is 5.29. The Balaban J connectivity index is 1.48. The van der Waals surface area contributed by atoms with Gasteiger partial charge in [-0.05, 0) is 25.7 Å². The van der Waals surface area contributed by atoms with Gasteiger partial charge < -0.3 is 9.80 Å². The second-order valence-corrected chi connectivity index (χ2v) is 6.99. The number of aromatic nitrogens is 4. The molecule has 7 nitrogen and oxygen atoms in total. The molecule has 0 saturated carbocycles. The molecule has 2 aliphatic heterocycles. The quantitative estimate of drug-likeness (QED) is 0.852. The number of carbonyl (C=O) groups is 1. The Morgan fingerprint density at radius 3 is 2.80 bits per heavy atom. The van der Waals surface area contributed by atoms with Crippen molar-refractivity contribution in [3.05, 3.63) is 36.5 Å². The van der Waals surface area contributed by atoms with Gasteiger partial charge >= 0.3 is 0 Å². The van der Waals surface area contributed by atoms with Crippen molar-refractivity contribution in [1.82, 2.24) is 24.6 Å². The number of likely N-dealkylation sites (tertiary alicyclic amines) is 1. The monoisotopic (exact) mass is 340 g/mol. The molecule has 4 heterocycles. The zero-order chi connectivity index (χ0) is 17.2. The first kappa shape index (κ1) is 16.1. The standard InChI is InChI=1S/C18H24N6O/c1-22-12-15(10-21-22)16-5-3-9-24(16)18(25)14-4-2-8-23(13-14)17-11-19-6-7-20-17/h6-7,10-12,14,16H,2-5,8-9,13H2,1H3/t14-,16-/m0/s1. The number of piperidine rings is 1. The maximum atomic E-state index is 13.2. The molecule has 4 rings (SSSR count). The second kappa shape index (κ2) is 6.82. The summed E-state index contributed by atoms with van der Waals surface area (Å²) >= 11 is 0. The molecule has 2 aromatic rings. The van der Waals surface area contributed by atoms with Gasteiger partial charge in [-0.3, -0.25) is 14.5 Å². The highest BCUT2D eigenvalue weighted by molar-refractivity contribution is 5.80. The smallest absolute Gasteiger partial charge is 0.227 e. The fourth-order valence-corrected chi connectivity index (χ4v) is 4.07. The molecule has 0 N–H and O–H groups in total. The van der Waals surface area contributed by atoms with Crippen LogP contribution in [-0.2, 0) is 11.8 Å². The lowest BCUT2D eigenvalue weighted by Crippen LogP contribution is -2.45. The summed E-state index contributed by atoms with van der Waals surface area (Å²) in [5, 5.41) is 4.27. The van der Waals surface area contributed by atoms with Crippen LogP contribution in [0.1, 0.15) is 37.3 Å². The molecule has 25 heavy (non-hydrogen) atoms. The molecule has 132 valence electrons. The van der Waals surface area contributed by atoms with Gasteiger partial charge in [0.25, 0.3) is 0 Å². The lowest BCUT2D eigenvalue weighted by molar-refractivity contribution is -0.136. The van der Waals surface area contributed by atoms with Crippen LogP contribution in [0.15, 0.2) is 31.0 Å². The summed E-state index contributed by atoms with van der Waals surface area (Å²) in [6.07, 6.45) is 13.1. The van der Waals surface area contributed by atoms with Crippen LogP contribution in [0.2, 0.25) is 0 Å². The SMILES string of the molecule is Cn1cc([C@@H]2CCCN2C(=O)[C@H]2CCCN(c3cnccn3)C2)cn1. The van der Waals surface area contributed by atoms with Crippen molar-refractivity contribution in [2.24, 2.45) is 13.0 Å². The van der Waals surface area contributed by atoms with E-state index < -0.39 is 0 Å². The minimum absolute atomic E-state index is 0.0352. The van der Waals surface area contributed by atoms with Gasteiger partial charge in [0, 0.05) is 50.8 Å². The van der Waals surface area contributed by atoms with Gasteiger partial charge in [-0.2, -0.15) is 5.10 Å². The van der Waals surface area contributed by atoms with Crippen molar-refractivity contribution in [3.8, 4) is 0 Å². The molecule has 2 atom stereocenters. The first-order valence-electron chi connectivity index (χ1n) is 9.02. The molecule has 2 aliphatic rings. The summed E-state index contributed by atoms with van der Waals surface area (Å²) in [6.45, 7) is 2.52. The molecule has 2 fully saturated rings. The summed E-state index contributed by atoms with van der Waals surface area (Å²) in [5.74, 6) is 1.18. The van der Waals surface area contributed by atoms with Gasteiger partial charge in [-0.1, -0.05) is 0 Å². The van der Waals surface area contributed by atoms with E-state index >= 15 is 0 Å². The second-order valence-electron chi connectivity index (χ2n) is 6.99. The van der Waals surface area contributed by atoms with Crippen molar-refractivity contribution in [1.29, 1.82) is 0 Å². The molecule has 0 aromatic carbocycles. The number of nitrogens with zero attached hydrogens (tertiary/aromatic N) is 6. The summed E-state index contributed by atoms with van der Waals surface area (Å²) in [7, 11) is 1.92. The summed E-state index contributed by atoms with van der Waals surface area (Å²) in [5.41, 5.74) is 1.15. The first-order chi connectivity index (χ1) is 12.2. The number of carbonyl (C=O) groups excluding carboxylic acids is 1. The maximum Gasteiger partial charge on any atom is 0.227 e. The normalized spacial score (nSPS) is 23.9. The number of aryl methyl sites for hydroxylation is 1. The number of hydrogen-bond acceptors (Lipinski definition) is 5. The van der Waals surface area contributed by atoms with Crippen LogP contribution in [-0.4, -0.2) is 50.2 Å². The van der Waals surface area contributed by atoms with E-state index in [9.17, 15) is 4.79 Å². The predicted octanol–water partition coefficient (Wildman–Crippen LogP) is 1.79. The Hall–Kier alpha value is -2.44. The Bertz CT molecular complexity index is 730. The van der Waals surface area contributed by atoms with Crippen molar-refractivity contribution in [3.63, 3.8) is 0 Å². The van der Waals surface area contributed by atoms with Crippen molar-refractivity contribution >= 4 is 11.7 Å². The average molecular weight is 340 g/mol. The molecule has 0 aliphatic carbocycles. The lowest BCUT2D eigenvalue weighted by Gasteiger charge is -2.35. The van der Waals surface area contributed by atoms with E-state index in [1.54, 1.807) is 18.6 Å². The van der Waals surface area contributed by atoms with Gasteiger partial charge in [0.1, 0.15) is 5.82 Å². The van der Waals surface area contributed by atoms with Crippen LogP contribution in [0, 0.1) is 5.92 Å². The molecular formula is C18H24N6O.